The molecule has 2 saturated heterocycles. The fourth-order valence-corrected chi connectivity index (χ4v) is 6.42. The van der Waals surface area contributed by atoms with Crippen LogP contribution >= 0.6 is 0 Å². The number of anilines is 1. The van der Waals surface area contributed by atoms with Gasteiger partial charge in [0.15, 0.2) is 0 Å². The number of fused-ring (bicyclic) bond motifs is 2. The van der Waals surface area contributed by atoms with Gasteiger partial charge in [-0.2, -0.15) is 0 Å². The minimum absolute atomic E-state index is 0.0201. The SMILES string of the molecule is C[C@@H]1CCC[C@@]2(C)C[C@H]3OC(=O)[C@H](CN4CCN(c5ccccc5F)CC4)[C@@H]3C=C12. The quantitative estimate of drug-likeness (QED) is 0.549. The molecular formula is C25H33FN2O2. The van der Waals surface area contributed by atoms with E-state index >= 15 is 0 Å². The lowest BCUT2D eigenvalue weighted by molar-refractivity contribution is -0.145. The first kappa shape index (κ1) is 20.0. The number of piperazine rings is 1. The second-order valence-corrected chi connectivity index (χ2v) is 10.1. The third-order valence-corrected chi connectivity index (χ3v) is 8.10. The monoisotopic (exact) mass is 412 g/mol. The molecule has 2 aliphatic carbocycles. The number of hydrogen-bond donors (Lipinski definition) is 0. The van der Waals surface area contributed by atoms with Gasteiger partial charge < -0.3 is 9.64 Å². The Morgan fingerprint density at radius 1 is 1.20 bits per heavy atom. The molecule has 0 amide bonds. The third-order valence-electron chi connectivity index (χ3n) is 8.10. The first-order chi connectivity index (χ1) is 14.4. The van der Waals surface area contributed by atoms with Crippen LogP contribution in [0.1, 0.15) is 39.5 Å². The Morgan fingerprint density at radius 2 is 1.97 bits per heavy atom. The number of benzene rings is 1. The molecule has 2 aliphatic heterocycles. The predicted molar refractivity (Wildman–Crippen MR) is 116 cm³/mol. The van der Waals surface area contributed by atoms with Gasteiger partial charge in [0, 0.05) is 38.6 Å². The highest BCUT2D eigenvalue weighted by molar-refractivity contribution is 5.76. The Morgan fingerprint density at radius 3 is 2.73 bits per heavy atom. The maximum absolute atomic E-state index is 14.1. The van der Waals surface area contributed by atoms with E-state index in [2.05, 4.69) is 29.7 Å². The van der Waals surface area contributed by atoms with Crippen LogP contribution in [0.3, 0.4) is 0 Å². The highest BCUT2D eigenvalue weighted by Crippen LogP contribution is 2.54. The van der Waals surface area contributed by atoms with Crippen molar-refractivity contribution in [2.24, 2.45) is 23.2 Å². The molecule has 30 heavy (non-hydrogen) atoms. The standard InChI is InChI=1S/C25H33FN2O2/c1-17-6-5-9-25(2)15-23-18(14-20(17)25)19(24(29)30-23)16-27-10-12-28(13-11-27)22-8-4-3-7-21(22)26/h3-4,7-8,14,17-19,23H,5-6,9-13,15-16H2,1-2H3/t17-,18+,19-,23-,25+/m1/s1. The van der Waals surface area contributed by atoms with Crippen molar-refractivity contribution in [3.63, 3.8) is 0 Å². The van der Waals surface area contributed by atoms with Crippen LogP contribution in [-0.2, 0) is 9.53 Å². The van der Waals surface area contributed by atoms with Crippen LogP contribution in [0.15, 0.2) is 35.9 Å². The third kappa shape index (κ3) is 3.45. The lowest BCUT2D eigenvalue weighted by Gasteiger charge is -2.46. The number of allylic oxidation sites excluding steroid dienone is 1. The summed E-state index contributed by atoms with van der Waals surface area (Å²) in [5.74, 6) is 0.581. The normalized spacial score (nSPS) is 36.7. The zero-order valence-electron chi connectivity index (χ0n) is 18.1. The van der Waals surface area contributed by atoms with Gasteiger partial charge in [0.2, 0.25) is 0 Å². The summed E-state index contributed by atoms with van der Waals surface area (Å²) in [7, 11) is 0. The van der Waals surface area contributed by atoms with Crippen LogP contribution in [0.25, 0.3) is 0 Å². The molecule has 0 unspecified atom stereocenters. The maximum Gasteiger partial charge on any atom is 0.311 e. The summed E-state index contributed by atoms with van der Waals surface area (Å²) in [5.41, 5.74) is 2.46. The Hall–Kier alpha value is -1.88. The minimum Gasteiger partial charge on any atom is -0.461 e. The van der Waals surface area contributed by atoms with E-state index in [1.54, 1.807) is 11.6 Å². The van der Waals surface area contributed by atoms with Crippen molar-refractivity contribution in [3.8, 4) is 0 Å². The zero-order valence-corrected chi connectivity index (χ0v) is 18.1. The van der Waals surface area contributed by atoms with Gasteiger partial charge in [0.25, 0.3) is 0 Å². The van der Waals surface area contributed by atoms with Crippen molar-refractivity contribution in [1.82, 2.24) is 4.90 Å². The number of carbonyl (C=O) groups excluding carboxylic acids is 1. The van der Waals surface area contributed by atoms with Crippen molar-refractivity contribution < 1.29 is 13.9 Å². The Kier molecular flexibility index (Phi) is 5.12. The van der Waals surface area contributed by atoms with Gasteiger partial charge in [-0.15, -0.1) is 0 Å². The number of esters is 1. The summed E-state index contributed by atoms with van der Waals surface area (Å²) in [6.07, 6.45) is 7.21. The van der Waals surface area contributed by atoms with Crippen molar-refractivity contribution in [1.29, 1.82) is 0 Å². The van der Waals surface area contributed by atoms with Crippen molar-refractivity contribution in [2.45, 2.75) is 45.6 Å². The Bertz CT molecular complexity index is 847. The highest BCUT2D eigenvalue weighted by Gasteiger charge is 2.52. The topological polar surface area (TPSA) is 32.8 Å². The molecule has 4 aliphatic rings. The molecule has 4 nitrogen and oxygen atoms in total. The first-order valence-electron chi connectivity index (χ1n) is 11.6. The van der Waals surface area contributed by atoms with E-state index in [0.29, 0.717) is 11.6 Å². The molecule has 3 fully saturated rings. The second-order valence-electron chi connectivity index (χ2n) is 10.1. The van der Waals surface area contributed by atoms with Crippen LogP contribution in [0, 0.1) is 29.0 Å². The molecule has 0 N–H and O–H groups in total. The summed E-state index contributed by atoms with van der Waals surface area (Å²) in [4.78, 5) is 17.3. The average molecular weight is 413 g/mol. The van der Waals surface area contributed by atoms with Gasteiger partial charge >= 0.3 is 5.97 Å². The van der Waals surface area contributed by atoms with Gasteiger partial charge in [0.05, 0.1) is 11.6 Å². The van der Waals surface area contributed by atoms with E-state index in [1.807, 2.05) is 12.1 Å². The van der Waals surface area contributed by atoms with Crippen molar-refractivity contribution in [2.75, 3.05) is 37.6 Å². The summed E-state index contributed by atoms with van der Waals surface area (Å²) in [5, 5.41) is 0. The predicted octanol–water partition coefficient (Wildman–Crippen LogP) is 4.26. The van der Waals surface area contributed by atoms with Gasteiger partial charge in [-0.05, 0) is 42.7 Å². The Labute approximate surface area is 179 Å². The molecule has 0 radical (unpaired) electrons. The molecule has 5 atom stereocenters. The van der Waals surface area contributed by atoms with Crippen LogP contribution in [0.2, 0.25) is 0 Å². The fourth-order valence-electron chi connectivity index (χ4n) is 6.42. The van der Waals surface area contributed by atoms with Crippen LogP contribution in [0.4, 0.5) is 10.1 Å². The van der Waals surface area contributed by atoms with Crippen molar-refractivity contribution >= 4 is 11.7 Å². The van der Waals surface area contributed by atoms with E-state index in [0.717, 1.165) is 39.1 Å². The number of nitrogens with zero attached hydrogens (tertiary/aromatic N) is 2. The van der Waals surface area contributed by atoms with Gasteiger partial charge in [-0.3, -0.25) is 9.69 Å². The zero-order chi connectivity index (χ0) is 20.9. The maximum atomic E-state index is 14.1. The van der Waals surface area contributed by atoms with Crippen molar-refractivity contribution in [3.05, 3.63) is 41.7 Å². The number of ether oxygens (including phenoxy) is 1. The van der Waals surface area contributed by atoms with E-state index in [1.165, 1.54) is 25.3 Å². The minimum atomic E-state index is -0.161. The van der Waals surface area contributed by atoms with Crippen LogP contribution < -0.4 is 4.90 Å². The van der Waals surface area contributed by atoms with E-state index in [4.69, 9.17) is 4.74 Å². The second kappa shape index (κ2) is 7.67. The molecule has 5 heteroatoms. The highest BCUT2D eigenvalue weighted by atomic mass is 19.1. The molecule has 0 aromatic heterocycles. The Balaban J connectivity index is 1.27. The molecule has 1 aromatic carbocycles. The van der Waals surface area contributed by atoms with Gasteiger partial charge in [0.1, 0.15) is 11.9 Å². The van der Waals surface area contributed by atoms with E-state index in [-0.39, 0.29) is 35.1 Å². The number of halogens is 1. The molecule has 0 bridgehead atoms. The van der Waals surface area contributed by atoms with E-state index < -0.39 is 0 Å². The number of hydrogen-bond acceptors (Lipinski definition) is 4. The summed E-state index contributed by atoms with van der Waals surface area (Å²) < 4.78 is 20.0. The average Bonchev–Trinajstić information content (AvgIpc) is 3.01. The summed E-state index contributed by atoms with van der Waals surface area (Å²) in [6.45, 7) is 8.73. The number of para-hydroxylation sites is 1. The summed E-state index contributed by atoms with van der Waals surface area (Å²) in [6, 6.07) is 6.98. The smallest absolute Gasteiger partial charge is 0.311 e. The molecule has 162 valence electrons. The summed E-state index contributed by atoms with van der Waals surface area (Å²) >= 11 is 0. The van der Waals surface area contributed by atoms with Crippen LogP contribution in [0.5, 0.6) is 0 Å². The molecule has 1 saturated carbocycles. The van der Waals surface area contributed by atoms with Gasteiger partial charge in [-0.1, -0.05) is 44.1 Å². The number of rotatable bonds is 3. The molecule has 5 rings (SSSR count). The molecular weight excluding hydrogens is 379 g/mol. The number of carbonyl (C=O) groups is 1. The fraction of sp³-hybridized carbons (Fsp3) is 0.640. The molecule has 0 spiro atoms. The largest absolute Gasteiger partial charge is 0.461 e. The molecule has 2 heterocycles. The first-order valence-corrected chi connectivity index (χ1v) is 11.6. The van der Waals surface area contributed by atoms with Gasteiger partial charge in [-0.25, -0.2) is 4.39 Å². The lowest BCUT2D eigenvalue weighted by Crippen LogP contribution is -2.49. The van der Waals surface area contributed by atoms with E-state index in [9.17, 15) is 9.18 Å². The molecule has 1 aromatic rings. The van der Waals surface area contributed by atoms with Crippen LogP contribution in [-0.4, -0.2) is 49.7 Å². The lowest BCUT2D eigenvalue weighted by atomic mass is 9.59.